The minimum atomic E-state index is -4.69. The number of likely N-dealkylation sites (N-methyl/N-ethyl adjacent to an activating group) is 2. The monoisotopic (exact) mass is 750 g/mol. The molecule has 0 saturated heterocycles. The number of allylic oxidation sites excluding steroid dienone is 9. The second kappa shape index (κ2) is 18.2. The third-order valence-electron chi connectivity index (χ3n) is 11.2. The highest BCUT2D eigenvalue weighted by Gasteiger charge is 2.44. The smallest absolute Gasteiger partial charge is 0.145 e. The molecule has 4 aromatic carbocycles. The molecule has 4 aromatic rings. The molecule has 286 valence electrons. The molecule has 6 nitrogen and oxygen atoms in total. The molecular weight excluding hydrogens is 692 g/mol. The van der Waals surface area contributed by atoms with E-state index < -0.39 is 10.2 Å². The van der Waals surface area contributed by atoms with Gasteiger partial charge in [-0.1, -0.05) is 138 Å². The van der Waals surface area contributed by atoms with Gasteiger partial charge in [-0.2, -0.15) is 14.0 Å². The zero-order chi connectivity index (χ0) is 38.9. The summed E-state index contributed by atoms with van der Waals surface area (Å²) in [4.78, 5) is 0. The van der Waals surface area contributed by atoms with Crippen LogP contribution in [0.15, 0.2) is 127 Å². The zero-order valence-corrected chi connectivity index (χ0v) is 33.8. The summed E-state index contributed by atoms with van der Waals surface area (Å²) in [5.74, 6) is 0.448. The number of benzene rings is 4. The maximum atomic E-state index is 8.60. The number of nitrogens with zero attached hydrogens (tertiary/aromatic N) is 2. The molecule has 1 N–H and O–H groups in total. The lowest BCUT2D eigenvalue weighted by Crippen LogP contribution is -2.58. The summed E-state index contributed by atoms with van der Waals surface area (Å²) in [6.45, 7) is 4.60. The Hall–Kier alpha value is -3.85. The molecular formula is C47H59ClN2O4+2. The van der Waals surface area contributed by atoms with Crippen molar-refractivity contribution >= 4 is 38.5 Å². The van der Waals surface area contributed by atoms with E-state index in [0.29, 0.717) is 5.92 Å². The summed E-state index contributed by atoms with van der Waals surface area (Å²) in [5.41, 5.74) is 10.3. The van der Waals surface area contributed by atoms with Crippen molar-refractivity contribution in [1.82, 2.24) is 8.97 Å². The molecule has 0 aromatic heterocycles. The Kier molecular flexibility index (Phi) is 13.9. The van der Waals surface area contributed by atoms with Crippen molar-refractivity contribution in [2.45, 2.75) is 84.0 Å². The van der Waals surface area contributed by atoms with Gasteiger partial charge in [0, 0.05) is 23.3 Å². The summed E-state index contributed by atoms with van der Waals surface area (Å²) in [6.07, 6.45) is 28.5. The number of fused-ring (bicyclic) bond motifs is 6. The maximum Gasteiger partial charge on any atom is 0.145 e. The first-order chi connectivity index (χ1) is 25.8. The highest BCUT2D eigenvalue weighted by atomic mass is 35.7. The van der Waals surface area contributed by atoms with Crippen LogP contribution in [0.3, 0.4) is 0 Å². The molecule has 1 atom stereocenters. The minimum Gasteiger partial charge on any atom is -0.266 e. The molecule has 6 rings (SSSR count). The topological polar surface area (TPSA) is 89.4 Å². The van der Waals surface area contributed by atoms with Gasteiger partial charge in [-0.05, 0) is 65.1 Å². The molecule has 0 saturated carbocycles. The number of hydrogen-bond donors (Lipinski definition) is 1. The van der Waals surface area contributed by atoms with Crippen LogP contribution in [0.4, 0.5) is 11.4 Å². The fourth-order valence-corrected chi connectivity index (χ4v) is 8.58. The van der Waals surface area contributed by atoms with E-state index >= 15 is 0 Å². The lowest BCUT2D eigenvalue weighted by atomic mass is 9.88. The minimum absolute atomic E-state index is 0.448. The van der Waals surface area contributed by atoms with Crippen molar-refractivity contribution in [3.05, 3.63) is 138 Å². The summed E-state index contributed by atoms with van der Waals surface area (Å²) >= 11 is 0. The van der Waals surface area contributed by atoms with Crippen LogP contribution < -0.4 is 22.9 Å². The van der Waals surface area contributed by atoms with Gasteiger partial charge in [0.25, 0.3) is 0 Å². The molecule has 2 aliphatic heterocycles. The van der Waals surface area contributed by atoms with Crippen molar-refractivity contribution in [3.8, 4) is 0 Å². The third-order valence-corrected chi connectivity index (χ3v) is 11.2. The fraction of sp³-hybridized carbons (Fsp3) is 0.362. The predicted octanol–water partition coefficient (Wildman–Crippen LogP) is 9.02. The maximum absolute atomic E-state index is 8.60. The quantitative estimate of drug-likeness (QED) is 0.0792. The van der Waals surface area contributed by atoms with Crippen molar-refractivity contribution < 1.29 is 28.9 Å². The molecule has 54 heavy (non-hydrogen) atoms. The standard InChI is InChI=1S/C47H58N2.ClHO4/c1-7-9-11-16-28-40-42(48(3,4)44-34-32-36-24-20-22-26-38(36)46(40)44)30-18-14-13-15-19-31-43-41(29-17-12-10-8-2)47-39-27-23-21-25-37(39)33-35-45(47)49(43,5)6;2-1(3,4)5/h13-15,18-27,30-35,40H,7-12,16-17,28-29H2,1-6H3;(H,2,3,4,5)/q+2;. The van der Waals surface area contributed by atoms with Crippen molar-refractivity contribution in [3.63, 3.8) is 0 Å². The van der Waals surface area contributed by atoms with Gasteiger partial charge in [0.15, 0.2) is 0 Å². The molecule has 0 aliphatic carbocycles. The van der Waals surface area contributed by atoms with E-state index in [1.165, 1.54) is 113 Å². The average Bonchev–Trinajstić information content (AvgIpc) is 3.49. The fourth-order valence-electron chi connectivity index (χ4n) is 8.58. The Morgan fingerprint density at radius 1 is 0.630 bits per heavy atom. The van der Waals surface area contributed by atoms with Crippen LogP contribution in [0.5, 0.6) is 0 Å². The lowest BCUT2D eigenvalue weighted by Gasteiger charge is -2.27. The number of halogens is 1. The van der Waals surface area contributed by atoms with Crippen LogP contribution in [0.2, 0.25) is 0 Å². The molecule has 2 heterocycles. The molecule has 0 amide bonds. The predicted molar refractivity (Wildman–Crippen MR) is 220 cm³/mol. The van der Waals surface area contributed by atoms with E-state index in [1.807, 2.05) is 0 Å². The zero-order valence-electron chi connectivity index (χ0n) is 33.1. The number of unbranched alkanes of at least 4 members (excludes halogenated alkanes) is 6. The van der Waals surface area contributed by atoms with Crippen LogP contribution in [-0.2, 0) is 0 Å². The summed E-state index contributed by atoms with van der Waals surface area (Å²) < 4.78 is 34.3. The first-order valence-corrected chi connectivity index (χ1v) is 20.9. The molecule has 1 unspecified atom stereocenters. The molecule has 0 spiro atoms. The van der Waals surface area contributed by atoms with E-state index in [4.69, 9.17) is 18.6 Å². The van der Waals surface area contributed by atoms with Gasteiger partial charge < -0.3 is 0 Å². The van der Waals surface area contributed by atoms with Gasteiger partial charge in [0.05, 0.1) is 54.6 Å². The van der Waals surface area contributed by atoms with Crippen molar-refractivity contribution in [2.75, 3.05) is 28.2 Å². The lowest BCUT2D eigenvalue weighted by molar-refractivity contribution is -1.92. The second-order valence-corrected chi connectivity index (χ2v) is 16.3. The van der Waals surface area contributed by atoms with Gasteiger partial charge in [-0.15, -0.1) is 0 Å². The van der Waals surface area contributed by atoms with E-state index in [2.05, 4.69) is 157 Å². The van der Waals surface area contributed by atoms with E-state index in [0.717, 1.165) is 15.4 Å². The van der Waals surface area contributed by atoms with Gasteiger partial charge in [-0.25, -0.2) is 0 Å². The van der Waals surface area contributed by atoms with Gasteiger partial charge >= 0.3 is 0 Å². The van der Waals surface area contributed by atoms with Gasteiger partial charge in [0.1, 0.15) is 22.8 Å². The third kappa shape index (κ3) is 9.50. The first-order valence-electron chi connectivity index (χ1n) is 19.6. The highest BCUT2D eigenvalue weighted by Crippen LogP contribution is 2.52. The summed E-state index contributed by atoms with van der Waals surface area (Å²) in [5, 5.41) is 5.50. The molecule has 0 radical (unpaired) electrons. The molecule has 2 aliphatic rings. The van der Waals surface area contributed by atoms with Crippen LogP contribution >= 0.6 is 0 Å². The number of hydrogen-bond acceptors (Lipinski definition) is 4. The molecule has 0 bridgehead atoms. The van der Waals surface area contributed by atoms with Crippen LogP contribution in [0.1, 0.15) is 95.1 Å². The second-order valence-electron chi connectivity index (χ2n) is 15.5. The van der Waals surface area contributed by atoms with Crippen LogP contribution in [0.25, 0.3) is 27.1 Å². The van der Waals surface area contributed by atoms with E-state index in [9.17, 15) is 0 Å². The van der Waals surface area contributed by atoms with Crippen LogP contribution in [-0.4, -0.2) is 32.8 Å². The van der Waals surface area contributed by atoms with E-state index in [-0.39, 0.29) is 0 Å². The van der Waals surface area contributed by atoms with Crippen molar-refractivity contribution in [1.29, 1.82) is 0 Å². The van der Waals surface area contributed by atoms with Gasteiger partial charge in [-0.3, -0.25) is 8.97 Å². The summed E-state index contributed by atoms with van der Waals surface area (Å²) in [6, 6.07) is 27.2. The Morgan fingerprint density at radius 2 is 1.19 bits per heavy atom. The SMILES string of the molecule is CCCCCCC1=C(C=CC=CC=CC=C2C(CCCCCC)c3c(ccc4ccccc34)[N+]2(C)C)[N+](C)(C)c2ccc3ccccc3c21.[O-][Cl+3]([O-])([O-])O. The Balaban J connectivity index is 0.00000105. The first kappa shape index (κ1) is 41.3. The average molecular weight is 751 g/mol. The Labute approximate surface area is 325 Å². The van der Waals surface area contributed by atoms with Crippen LogP contribution in [0, 0.1) is 10.2 Å². The highest BCUT2D eigenvalue weighted by molar-refractivity contribution is 6.03. The van der Waals surface area contributed by atoms with Gasteiger partial charge in [0.2, 0.25) is 0 Å². The molecule has 0 fully saturated rings. The number of quaternary nitrogens is 2. The Bertz CT molecular complexity index is 2060. The largest absolute Gasteiger partial charge is 0.266 e. The Morgan fingerprint density at radius 3 is 1.85 bits per heavy atom. The number of rotatable bonds is 14. The molecule has 7 heteroatoms. The summed E-state index contributed by atoms with van der Waals surface area (Å²) in [7, 11) is 4.75. The normalized spacial score (nSPS) is 18.4. The van der Waals surface area contributed by atoms with E-state index in [1.54, 1.807) is 5.56 Å². The van der Waals surface area contributed by atoms with Crippen molar-refractivity contribution in [2.24, 2.45) is 0 Å².